The van der Waals surface area contributed by atoms with E-state index < -0.39 is 0 Å². The number of hydrogen-bond donors (Lipinski definition) is 0. The van der Waals surface area contributed by atoms with E-state index in [2.05, 4.69) is 13.8 Å². The Bertz CT molecular complexity index is 274. The Morgan fingerprint density at radius 3 is 0.806 bits per heavy atom. The van der Waals surface area contributed by atoms with Gasteiger partial charge in [-0.1, -0.05) is 90.9 Å². The Morgan fingerprint density at radius 1 is 0.258 bits per heavy atom. The summed E-state index contributed by atoms with van der Waals surface area (Å²) in [6.07, 6.45) is 18.6. The highest BCUT2D eigenvalue weighted by Crippen LogP contribution is 2.10. The lowest BCUT2D eigenvalue weighted by atomic mass is 10.1. The maximum Gasteiger partial charge on any atom is 0.0701 e. The summed E-state index contributed by atoms with van der Waals surface area (Å²) >= 11 is 0. The summed E-state index contributed by atoms with van der Waals surface area (Å²) in [6.45, 7) is 11.3. The van der Waals surface area contributed by atoms with Crippen LogP contribution in [-0.4, -0.2) is 66.1 Å². The maximum atomic E-state index is 5.63. The number of hydrogen-bond acceptors (Lipinski definition) is 5. The van der Waals surface area contributed by atoms with Crippen LogP contribution in [0.25, 0.3) is 0 Å². The van der Waals surface area contributed by atoms with Gasteiger partial charge in [0.15, 0.2) is 0 Å². The molecule has 0 fully saturated rings. The minimum absolute atomic E-state index is 0.606. The molecule has 0 unspecified atom stereocenters. The van der Waals surface area contributed by atoms with E-state index in [1.807, 2.05) is 0 Å². The zero-order valence-corrected chi connectivity index (χ0v) is 21.0. The maximum absolute atomic E-state index is 5.63. The summed E-state index contributed by atoms with van der Waals surface area (Å²) in [5.74, 6) is 0. The first-order valence-corrected chi connectivity index (χ1v) is 13.3. The van der Waals surface area contributed by atoms with Gasteiger partial charge in [-0.05, 0) is 12.8 Å². The molecule has 0 N–H and O–H groups in total. The highest BCUT2D eigenvalue weighted by Gasteiger charge is 1.95. The fourth-order valence-corrected chi connectivity index (χ4v) is 3.30. The van der Waals surface area contributed by atoms with Crippen LogP contribution in [0.1, 0.15) is 104 Å². The van der Waals surface area contributed by atoms with Crippen LogP contribution in [0.2, 0.25) is 0 Å². The molecule has 31 heavy (non-hydrogen) atoms. The molecular formula is C26H54O5. The van der Waals surface area contributed by atoms with Gasteiger partial charge in [-0.3, -0.25) is 0 Å². The molecule has 0 heterocycles. The second kappa shape index (κ2) is 29.8. The average molecular weight is 447 g/mol. The number of unbranched alkanes of at least 4 members (excludes halogenated alkanes) is 12. The van der Waals surface area contributed by atoms with Crippen molar-refractivity contribution in [2.45, 2.75) is 104 Å². The Hall–Kier alpha value is -0.200. The van der Waals surface area contributed by atoms with Crippen molar-refractivity contribution in [3.8, 4) is 0 Å². The molecule has 0 saturated heterocycles. The molecule has 0 saturated carbocycles. The molecule has 0 bridgehead atoms. The van der Waals surface area contributed by atoms with Crippen molar-refractivity contribution in [1.82, 2.24) is 0 Å². The van der Waals surface area contributed by atoms with Crippen molar-refractivity contribution in [1.29, 1.82) is 0 Å². The van der Waals surface area contributed by atoms with Gasteiger partial charge in [0.05, 0.1) is 52.9 Å². The molecular weight excluding hydrogens is 392 g/mol. The van der Waals surface area contributed by atoms with Gasteiger partial charge in [-0.2, -0.15) is 0 Å². The van der Waals surface area contributed by atoms with Crippen LogP contribution in [0.5, 0.6) is 0 Å². The lowest BCUT2D eigenvalue weighted by molar-refractivity contribution is -0.0114. The lowest BCUT2D eigenvalue weighted by Crippen LogP contribution is -2.13. The van der Waals surface area contributed by atoms with E-state index >= 15 is 0 Å². The van der Waals surface area contributed by atoms with Gasteiger partial charge in [0.25, 0.3) is 0 Å². The largest absolute Gasteiger partial charge is 0.379 e. The molecule has 5 heteroatoms. The third kappa shape index (κ3) is 29.8. The zero-order valence-electron chi connectivity index (χ0n) is 21.0. The fraction of sp³-hybridized carbons (Fsp3) is 1.00. The molecule has 0 aromatic carbocycles. The predicted octanol–water partition coefficient (Wildman–Crippen LogP) is 6.57. The van der Waals surface area contributed by atoms with Crippen molar-refractivity contribution >= 4 is 0 Å². The summed E-state index contributed by atoms with van der Waals surface area (Å²) in [5, 5.41) is 0. The first kappa shape index (κ1) is 30.8. The molecule has 0 aliphatic rings. The van der Waals surface area contributed by atoms with Crippen molar-refractivity contribution in [2.75, 3.05) is 66.1 Å². The van der Waals surface area contributed by atoms with Crippen LogP contribution in [0.15, 0.2) is 0 Å². The van der Waals surface area contributed by atoms with Crippen molar-refractivity contribution in [3.05, 3.63) is 0 Å². The summed E-state index contributed by atoms with van der Waals surface area (Å²) in [4.78, 5) is 0. The number of ether oxygens (including phenoxy) is 5. The smallest absolute Gasteiger partial charge is 0.0701 e. The summed E-state index contributed by atoms with van der Waals surface area (Å²) in [5.41, 5.74) is 0. The Balaban J connectivity index is 2.98. The van der Waals surface area contributed by atoms with E-state index in [0.717, 1.165) is 19.6 Å². The zero-order chi connectivity index (χ0) is 22.5. The van der Waals surface area contributed by atoms with Crippen molar-refractivity contribution < 1.29 is 23.7 Å². The van der Waals surface area contributed by atoms with E-state index in [1.165, 1.54) is 83.5 Å². The third-order valence-corrected chi connectivity index (χ3v) is 5.27. The fourth-order valence-electron chi connectivity index (χ4n) is 3.30. The predicted molar refractivity (Wildman–Crippen MR) is 130 cm³/mol. The molecule has 188 valence electrons. The molecule has 0 rings (SSSR count). The van der Waals surface area contributed by atoms with Crippen LogP contribution in [0, 0.1) is 0 Å². The van der Waals surface area contributed by atoms with Crippen LogP contribution >= 0.6 is 0 Å². The molecule has 0 aliphatic heterocycles. The molecule has 0 aromatic rings. The van der Waals surface area contributed by atoms with Gasteiger partial charge in [0.1, 0.15) is 0 Å². The van der Waals surface area contributed by atoms with E-state index in [-0.39, 0.29) is 0 Å². The molecule has 0 aromatic heterocycles. The second-order valence-corrected chi connectivity index (χ2v) is 8.30. The minimum atomic E-state index is 0.606. The standard InChI is InChI=1S/C26H54O5/c1-3-5-7-9-10-11-12-13-14-16-18-28-20-22-30-24-26-31-25-23-29-21-19-27-17-15-8-6-4-2/h3-26H2,1-2H3. The molecule has 5 nitrogen and oxygen atoms in total. The van der Waals surface area contributed by atoms with Gasteiger partial charge in [-0.15, -0.1) is 0 Å². The van der Waals surface area contributed by atoms with Gasteiger partial charge >= 0.3 is 0 Å². The average Bonchev–Trinajstić information content (AvgIpc) is 2.78. The highest BCUT2D eigenvalue weighted by molar-refractivity contribution is 4.47. The van der Waals surface area contributed by atoms with Gasteiger partial charge in [-0.25, -0.2) is 0 Å². The SMILES string of the molecule is CCCCCCCCCCCCOCCOCCOCCOCCOCCCCCC. The molecule has 0 radical (unpaired) electrons. The first-order valence-electron chi connectivity index (χ1n) is 13.3. The first-order chi connectivity index (χ1) is 15.4. The quantitative estimate of drug-likeness (QED) is 0.127. The van der Waals surface area contributed by atoms with E-state index in [4.69, 9.17) is 23.7 Å². The van der Waals surface area contributed by atoms with Crippen LogP contribution in [0.3, 0.4) is 0 Å². The van der Waals surface area contributed by atoms with Gasteiger partial charge < -0.3 is 23.7 Å². The summed E-state index contributed by atoms with van der Waals surface area (Å²) in [7, 11) is 0. The van der Waals surface area contributed by atoms with E-state index in [9.17, 15) is 0 Å². The van der Waals surface area contributed by atoms with Crippen LogP contribution < -0.4 is 0 Å². The minimum Gasteiger partial charge on any atom is -0.379 e. The van der Waals surface area contributed by atoms with E-state index in [1.54, 1.807) is 0 Å². The summed E-state index contributed by atoms with van der Waals surface area (Å²) in [6, 6.07) is 0. The third-order valence-electron chi connectivity index (χ3n) is 5.27. The van der Waals surface area contributed by atoms with Gasteiger partial charge in [0, 0.05) is 13.2 Å². The molecule has 0 aliphatic carbocycles. The molecule has 0 spiro atoms. The van der Waals surface area contributed by atoms with Crippen molar-refractivity contribution in [3.63, 3.8) is 0 Å². The Labute approximate surface area is 193 Å². The monoisotopic (exact) mass is 446 g/mol. The highest BCUT2D eigenvalue weighted by atomic mass is 16.6. The number of rotatable bonds is 28. The van der Waals surface area contributed by atoms with Crippen LogP contribution in [-0.2, 0) is 23.7 Å². The molecule has 0 amide bonds. The lowest BCUT2D eigenvalue weighted by Gasteiger charge is -2.08. The summed E-state index contributed by atoms with van der Waals surface area (Å²) < 4.78 is 27.7. The Morgan fingerprint density at radius 2 is 0.484 bits per heavy atom. The topological polar surface area (TPSA) is 46.2 Å². The van der Waals surface area contributed by atoms with Gasteiger partial charge in [0.2, 0.25) is 0 Å². The van der Waals surface area contributed by atoms with Crippen molar-refractivity contribution in [2.24, 2.45) is 0 Å². The second-order valence-electron chi connectivity index (χ2n) is 8.30. The Kier molecular flexibility index (Phi) is 29.6. The normalized spacial score (nSPS) is 11.4. The molecule has 0 atom stereocenters. The van der Waals surface area contributed by atoms with Crippen LogP contribution in [0.4, 0.5) is 0 Å². The van der Waals surface area contributed by atoms with E-state index in [0.29, 0.717) is 52.9 Å².